The molecule has 0 radical (unpaired) electrons. The number of benzene rings is 1. The smallest absolute Gasteiger partial charge is 0.263 e. The zero-order valence-electron chi connectivity index (χ0n) is 13.0. The van der Waals surface area contributed by atoms with E-state index < -0.39 is 6.10 Å². The van der Waals surface area contributed by atoms with Crippen molar-refractivity contribution in [2.45, 2.75) is 19.4 Å². The van der Waals surface area contributed by atoms with Crippen molar-refractivity contribution in [2.75, 3.05) is 32.7 Å². The normalized spacial score (nSPS) is 17.1. The highest BCUT2D eigenvalue weighted by Gasteiger charge is 2.27. The predicted molar refractivity (Wildman–Crippen MR) is 92.1 cm³/mol. The van der Waals surface area contributed by atoms with E-state index in [1.165, 1.54) is 0 Å². The molecule has 5 heteroatoms. The minimum atomic E-state index is -0.410. The number of nitrogens with zero attached hydrogens (tertiary/aromatic N) is 2. The first-order valence-electron chi connectivity index (χ1n) is 7.68. The van der Waals surface area contributed by atoms with Crippen LogP contribution in [0.4, 0.5) is 0 Å². The second kappa shape index (κ2) is 8.34. The third-order valence-corrected chi connectivity index (χ3v) is 4.34. The summed E-state index contributed by atoms with van der Waals surface area (Å²) in [7, 11) is 0. The molecule has 2 rings (SSSR count). The number of halogens is 1. The molecule has 1 saturated heterocycles. The third kappa shape index (κ3) is 4.58. The van der Waals surface area contributed by atoms with E-state index in [1.807, 2.05) is 42.2 Å². The molecule has 22 heavy (non-hydrogen) atoms. The Morgan fingerprint density at radius 3 is 2.50 bits per heavy atom. The van der Waals surface area contributed by atoms with E-state index in [0.29, 0.717) is 6.42 Å². The number of carbonyl (C=O) groups is 1. The Morgan fingerprint density at radius 2 is 1.95 bits per heavy atom. The van der Waals surface area contributed by atoms with Gasteiger partial charge in [-0.1, -0.05) is 28.9 Å². The SMILES string of the molecule is C=CCN1CCN(C(=O)[C@H](CC)Oc2ccc(Br)cc2)CC1. The lowest BCUT2D eigenvalue weighted by Gasteiger charge is -2.35. The van der Waals surface area contributed by atoms with Crippen molar-refractivity contribution >= 4 is 21.8 Å². The van der Waals surface area contributed by atoms with E-state index in [4.69, 9.17) is 4.74 Å². The van der Waals surface area contributed by atoms with Crippen LogP contribution in [0.5, 0.6) is 5.75 Å². The fourth-order valence-corrected chi connectivity index (χ4v) is 2.79. The highest BCUT2D eigenvalue weighted by Crippen LogP contribution is 2.19. The minimum absolute atomic E-state index is 0.0867. The number of amides is 1. The molecule has 0 aliphatic carbocycles. The molecule has 1 aliphatic heterocycles. The van der Waals surface area contributed by atoms with Crippen molar-refractivity contribution < 1.29 is 9.53 Å². The van der Waals surface area contributed by atoms with Crippen LogP contribution in [0.15, 0.2) is 41.4 Å². The van der Waals surface area contributed by atoms with Gasteiger partial charge in [0.05, 0.1) is 0 Å². The van der Waals surface area contributed by atoms with Crippen LogP contribution in [0.2, 0.25) is 0 Å². The van der Waals surface area contributed by atoms with E-state index in [9.17, 15) is 4.79 Å². The molecule has 0 saturated carbocycles. The number of hydrogen-bond acceptors (Lipinski definition) is 3. The van der Waals surface area contributed by atoms with Gasteiger partial charge in [0.25, 0.3) is 5.91 Å². The molecule has 1 atom stereocenters. The Labute approximate surface area is 140 Å². The second-order valence-corrected chi connectivity index (χ2v) is 6.30. The van der Waals surface area contributed by atoms with Gasteiger partial charge in [0.15, 0.2) is 6.10 Å². The molecule has 4 nitrogen and oxygen atoms in total. The third-order valence-electron chi connectivity index (χ3n) is 3.81. The Hall–Kier alpha value is -1.33. The highest BCUT2D eigenvalue weighted by molar-refractivity contribution is 9.10. The van der Waals surface area contributed by atoms with Gasteiger partial charge in [-0.3, -0.25) is 9.69 Å². The van der Waals surface area contributed by atoms with Gasteiger partial charge in [-0.15, -0.1) is 6.58 Å². The Bertz CT molecular complexity index is 496. The van der Waals surface area contributed by atoms with Crippen LogP contribution < -0.4 is 4.74 Å². The standard InChI is InChI=1S/C17H23BrN2O2/c1-3-9-19-10-12-20(13-11-19)17(21)16(4-2)22-15-7-5-14(18)6-8-15/h3,5-8,16H,1,4,9-13H2,2H3/t16-/m0/s1. The van der Waals surface area contributed by atoms with E-state index in [-0.39, 0.29) is 5.91 Å². The van der Waals surface area contributed by atoms with Gasteiger partial charge in [0.2, 0.25) is 0 Å². The first-order chi connectivity index (χ1) is 10.6. The van der Waals surface area contributed by atoms with Gasteiger partial charge in [-0.2, -0.15) is 0 Å². The lowest BCUT2D eigenvalue weighted by Crippen LogP contribution is -2.52. The Balaban J connectivity index is 1.91. The first kappa shape index (κ1) is 17.0. The van der Waals surface area contributed by atoms with Crippen molar-refractivity contribution in [2.24, 2.45) is 0 Å². The van der Waals surface area contributed by atoms with E-state index >= 15 is 0 Å². The van der Waals surface area contributed by atoms with Gasteiger partial charge in [0, 0.05) is 37.2 Å². The van der Waals surface area contributed by atoms with Crippen LogP contribution in [0.25, 0.3) is 0 Å². The van der Waals surface area contributed by atoms with Crippen LogP contribution in [0.1, 0.15) is 13.3 Å². The summed E-state index contributed by atoms with van der Waals surface area (Å²) in [6.45, 7) is 9.93. The van der Waals surface area contributed by atoms with Crippen LogP contribution in [0, 0.1) is 0 Å². The Morgan fingerprint density at radius 1 is 1.32 bits per heavy atom. The maximum atomic E-state index is 12.6. The molecule has 120 valence electrons. The van der Waals surface area contributed by atoms with Gasteiger partial charge < -0.3 is 9.64 Å². The molecule has 0 N–H and O–H groups in total. The fourth-order valence-electron chi connectivity index (χ4n) is 2.52. The number of ether oxygens (including phenoxy) is 1. The molecule has 1 fully saturated rings. The topological polar surface area (TPSA) is 32.8 Å². The fraction of sp³-hybridized carbons (Fsp3) is 0.471. The Kier molecular flexibility index (Phi) is 6.46. The van der Waals surface area contributed by atoms with Crippen molar-refractivity contribution in [3.05, 3.63) is 41.4 Å². The summed E-state index contributed by atoms with van der Waals surface area (Å²) in [6.07, 6.45) is 2.16. The maximum Gasteiger partial charge on any atom is 0.263 e. The van der Waals surface area contributed by atoms with Crippen molar-refractivity contribution in [1.29, 1.82) is 0 Å². The first-order valence-corrected chi connectivity index (χ1v) is 8.47. The van der Waals surface area contributed by atoms with Crippen LogP contribution in [-0.4, -0.2) is 54.5 Å². The summed E-state index contributed by atoms with van der Waals surface area (Å²) in [5.41, 5.74) is 0. The molecule has 0 unspecified atom stereocenters. The quantitative estimate of drug-likeness (QED) is 0.725. The summed E-state index contributed by atoms with van der Waals surface area (Å²) in [4.78, 5) is 16.8. The molecule has 1 aromatic rings. The van der Waals surface area contributed by atoms with Crippen molar-refractivity contribution in [3.63, 3.8) is 0 Å². The van der Waals surface area contributed by atoms with Gasteiger partial charge in [-0.05, 0) is 30.7 Å². The van der Waals surface area contributed by atoms with Crippen LogP contribution in [0.3, 0.4) is 0 Å². The highest BCUT2D eigenvalue weighted by atomic mass is 79.9. The summed E-state index contributed by atoms with van der Waals surface area (Å²) in [5, 5.41) is 0. The van der Waals surface area contributed by atoms with E-state index in [2.05, 4.69) is 27.4 Å². The van der Waals surface area contributed by atoms with Crippen LogP contribution >= 0.6 is 15.9 Å². The summed E-state index contributed by atoms with van der Waals surface area (Å²) < 4.78 is 6.86. The van der Waals surface area contributed by atoms with Crippen molar-refractivity contribution in [3.8, 4) is 5.75 Å². The molecule has 1 aliphatic rings. The molecule has 0 spiro atoms. The number of rotatable bonds is 6. The maximum absolute atomic E-state index is 12.6. The zero-order valence-corrected chi connectivity index (χ0v) is 14.6. The van der Waals surface area contributed by atoms with Crippen LogP contribution in [-0.2, 0) is 4.79 Å². The molecule has 1 aromatic carbocycles. The second-order valence-electron chi connectivity index (χ2n) is 5.38. The lowest BCUT2D eigenvalue weighted by atomic mass is 10.2. The van der Waals surface area contributed by atoms with Gasteiger partial charge >= 0.3 is 0 Å². The lowest BCUT2D eigenvalue weighted by molar-refractivity contribution is -0.140. The monoisotopic (exact) mass is 366 g/mol. The average molecular weight is 367 g/mol. The predicted octanol–water partition coefficient (Wildman–Crippen LogP) is 2.94. The number of hydrogen-bond donors (Lipinski definition) is 0. The molecule has 0 aromatic heterocycles. The summed E-state index contributed by atoms with van der Waals surface area (Å²) in [6, 6.07) is 7.59. The zero-order chi connectivity index (χ0) is 15.9. The molecular formula is C17H23BrN2O2. The van der Waals surface area contributed by atoms with Gasteiger partial charge in [0.1, 0.15) is 5.75 Å². The molecular weight excluding hydrogens is 344 g/mol. The van der Waals surface area contributed by atoms with E-state index in [1.54, 1.807) is 0 Å². The largest absolute Gasteiger partial charge is 0.481 e. The van der Waals surface area contributed by atoms with Crippen molar-refractivity contribution in [1.82, 2.24) is 9.80 Å². The molecule has 1 heterocycles. The number of carbonyl (C=O) groups excluding carboxylic acids is 1. The summed E-state index contributed by atoms with van der Waals surface area (Å²) in [5.74, 6) is 0.817. The van der Waals surface area contributed by atoms with E-state index in [0.717, 1.165) is 42.9 Å². The molecule has 0 bridgehead atoms. The summed E-state index contributed by atoms with van der Waals surface area (Å²) >= 11 is 3.40. The average Bonchev–Trinajstić information content (AvgIpc) is 2.55. The molecule has 1 amide bonds. The van der Waals surface area contributed by atoms with Gasteiger partial charge in [-0.25, -0.2) is 0 Å². The minimum Gasteiger partial charge on any atom is -0.481 e. The number of piperazine rings is 1.